The Morgan fingerprint density at radius 3 is 2.23 bits per heavy atom. The normalized spacial score (nSPS) is 12.8. The molecular formula is C22H29N3O5S. The molecule has 1 N–H and O–H groups in total. The van der Waals surface area contributed by atoms with E-state index in [0.717, 1.165) is 16.1 Å². The zero-order valence-corrected chi connectivity index (χ0v) is 19.5. The Balaban J connectivity index is 2.23. The number of hydrogen-bond acceptors (Lipinski definition) is 5. The third-order valence-corrected chi connectivity index (χ3v) is 6.21. The van der Waals surface area contributed by atoms with Gasteiger partial charge in [0.2, 0.25) is 15.9 Å². The van der Waals surface area contributed by atoms with Crippen LogP contribution in [0.15, 0.2) is 42.5 Å². The Hall–Kier alpha value is -2.94. The maximum Gasteiger partial charge on any atom is 0.274 e. The molecule has 1 atom stereocenters. The van der Waals surface area contributed by atoms with Crippen molar-refractivity contribution in [3.63, 3.8) is 0 Å². The van der Waals surface area contributed by atoms with Gasteiger partial charge in [-0.1, -0.05) is 51.1 Å². The summed E-state index contributed by atoms with van der Waals surface area (Å²) < 4.78 is 25.6. The molecule has 8 nitrogen and oxygen atoms in total. The van der Waals surface area contributed by atoms with Gasteiger partial charge in [0.05, 0.1) is 28.5 Å². The van der Waals surface area contributed by atoms with Gasteiger partial charge in [0, 0.05) is 6.07 Å². The second-order valence-corrected chi connectivity index (χ2v) is 10.5. The fraction of sp³-hybridized carbons (Fsp3) is 0.409. The molecule has 9 heteroatoms. The molecule has 1 amide bonds. The summed E-state index contributed by atoms with van der Waals surface area (Å²) in [5, 5.41) is 14.0. The topological polar surface area (TPSA) is 110 Å². The molecule has 2 aromatic carbocycles. The molecule has 0 radical (unpaired) electrons. The average molecular weight is 448 g/mol. The van der Waals surface area contributed by atoms with E-state index in [9.17, 15) is 23.3 Å². The van der Waals surface area contributed by atoms with E-state index in [-0.39, 0.29) is 28.4 Å². The van der Waals surface area contributed by atoms with Crippen molar-refractivity contribution in [2.75, 3.05) is 17.1 Å². The van der Waals surface area contributed by atoms with Crippen molar-refractivity contribution in [3.05, 3.63) is 69.3 Å². The minimum atomic E-state index is -3.85. The van der Waals surface area contributed by atoms with Gasteiger partial charge in [-0.2, -0.15) is 0 Å². The lowest BCUT2D eigenvalue weighted by molar-refractivity contribution is -0.385. The van der Waals surface area contributed by atoms with Gasteiger partial charge in [-0.05, 0) is 36.5 Å². The number of carbonyl (C=O) groups is 1. The Morgan fingerprint density at radius 2 is 1.74 bits per heavy atom. The SMILES string of the molecule is Cc1c(N(CC(=O)N[C@H](C)c2ccc(C(C)(C)C)cc2)S(C)(=O)=O)cccc1[N+](=O)[O-]. The van der Waals surface area contributed by atoms with Crippen LogP contribution < -0.4 is 9.62 Å². The minimum Gasteiger partial charge on any atom is -0.348 e. The average Bonchev–Trinajstić information content (AvgIpc) is 2.65. The number of nitrogens with zero attached hydrogens (tertiary/aromatic N) is 2. The van der Waals surface area contributed by atoms with Crippen molar-refractivity contribution in [1.82, 2.24) is 5.32 Å². The van der Waals surface area contributed by atoms with Gasteiger partial charge in [-0.25, -0.2) is 8.42 Å². The number of amides is 1. The molecule has 0 aromatic heterocycles. The molecule has 2 aromatic rings. The van der Waals surface area contributed by atoms with Crippen LogP contribution in [0.4, 0.5) is 11.4 Å². The summed E-state index contributed by atoms with van der Waals surface area (Å²) in [7, 11) is -3.85. The van der Waals surface area contributed by atoms with Crippen molar-refractivity contribution in [2.24, 2.45) is 0 Å². The summed E-state index contributed by atoms with van der Waals surface area (Å²) in [6.45, 7) is 9.14. The molecule has 31 heavy (non-hydrogen) atoms. The van der Waals surface area contributed by atoms with E-state index in [1.54, 1.807) is 0 Å². The smallest absolute Gasteiger partial charge is 0.274 e. The first-order chi connectivity index (χ1) is 14.2. The summed E-state index contributed by atoms with van der Waals surface area (Å²) in [4.78, 5) is 23.3. The minimum absolute atomic E-state index is 0.0111. The molecule has 0 unspecified atom stereocenters. The van der Waals surface area contributed by atoms with E-state index in [2.05, 4.69) is 26.1 Å². The van der Waals surface area contributed by atoms with Crippen LogP contribution in [-0.4, -0.2) is 32.0 Å². The molecule has 0 saturated heterocycles. The second-order valence-electron chi connectivity index (χ2n) is 8.61. The van der Waals surface area contributed by atoms with Crippen LogP contribution in [0.5, 0.6) is 0 Å². The van der Waals surface area contributed by atoms with Gasteiger partial charge in [0.15, 0.2) is 0 Å². The Morgan fingerprint density at radius 1 is 1.16 bits per heavy atom. The highest BCUT2D eigenvalue weighted by atomic mass is 32.2. The number of benzene rings is 2. The number of nitro benzene ring substituents is 1. The fourth-order valence-electron chi connectivity index (χ4n) is 3.23. The van der Waals surface area contributed by atoms with Gasteiger partial charge in [-0.3, -0.25) is 19.2 Å². The third-order valence-electron chi connectivity index (χ3n) is 5.08. The molecule has 168 valence electrons. The Labute approximate surface area is 183 Å². The number of hydrogen-bond donors (Lipinski definition) is 1. The van der Waals surface area contributed by atoms with Crippen LogP contribution in [0, 0.1) is 17.0 Å². The number of nitrogens with one attached hydrogen (secondary N) is 1. The Kier molecular flexibility index (Phi) is 7.10. The number of carbonyl (C=O) groups excluding carboxylic acids is 1. The van der Waals surface area contributed by atoms with Crippen LogP contribution in [0.2, 0.25) is 0 Å². The summed E-state index contributed by atoms with van der Waals surface area (Å²) >= 11 is 0. The van der Waals surface area contributed by atoms with Gasteiger partial charge >= 0.3 is 0 Å². The van der Waals surface area contributed by atoms with Crippen LogP contribution in [0.3, 0.4) is 0 Å². The molecule has 0 fully saturated rings. The van der Waals surface area contributed by atoms with Crippen molar-refractivity contribution in [3.8, 4) is 0 Å². The first-order valence-electron chi connectivity index (χ1n) is 9.83. The molecule has 0 aliphatic heterocycles. The molecule has 0 heterocycles. The molecular weight excluding hydrogens is 418 g/mol. The summed E-state index contributed by atoms with van der Waals surface area (Å²) in [6.07, 6.45) is 0.965. The van der Waals surface area contributed by atoms with E-state index >= 15 is 0 Å². The lowest BCUT2D eigenvalue weighted by Gasteiger charge is -2.25. The summed E-state index contributed by atoms with van der Waals surface area (Å²) in [6, 6.07) is 11.7. The zero-order valence-electron chi connectivity index (χ0n) is 18.7. The zero-order chi connectivity index (χ0) is 23.6. The van der Waals surface area contributed by atoms with Crippen molar-refractivity contribution in [2.45, 2.75) is 46.1 Å². The monoisotopic (exact) mass is 447 g/mol. The number of rotatable bonds is 7. The van der Waals surface area contributed by atoms with E-state index < -0.39 is 27.4 Å². The predicted molar refractivity (Wildman–Crippen MR) is 122 cm³/mol. The van der Waals surface area contributed by atoms with Crippen LogP contribution >= 0.6 is 0 Å². The van der Waals surface area contributed by atoms with Crippen molar-refractivity contribution >= 4 is 27.3 Å². The van der Waals surface area contributed by atoms with E-state index in [1.165, 1.54) is 30.7 Å². The maximum atomic E-state index is 12.7. The van der Waals surface area contributed by atoms with E-state index in [1.807, 2.05) is 31.2 Å². The molecule has 0 saturated carbocycles. The van der Waals surface area contributed by atoms with Crippen molar-refractivity contribution in [1.29, 1.82) is 0 Å². The van der Waals surface area contributed by atoms with Gasteiger partial charge in [0.1, 0.15) is 6.54 Å². The number of anilines is 1. The maximum absolute atomic E-state index is 12.7. The molecule has 0 aliphatic rings. The quantitative estimate of drug-likeness (QED) is 0.512. The predicted octanol–water partition coefficient (Wildman–Crippen LogP) is 3.84. The van der Waals surface area contributed by atoms with Gasteiger partial charge in [-0.15, -0.1) is 0 Å². The highest BCUT2D eigenvalue weighted by Gasteiger charge is 2.26. The lowest BCUT2D eigenvalue weighted by atomic mass is 9.86. The van der Waals surface area contributed by atoms with E-state index in [0.29, 0.717) is 0 Å². The summed E-state index contributed by atoms with van der Waals surface area (Å²) in [5.41, 5.74) is 2.14. The lowest BCUT2D eigenvalue weighted by Crippen LogP contribution is -2.41. The fourth-order valence-corrected chi connectivity index (χ4v) is 4.14. The molecule has 0 aliphatic carbocycles. The highest BCUT2D eigenvalue weighted by molar-refractivity contribution is 7.92. The first-order valence-corrected chi connectivity index (χ1v) is 11.7. The van der Waals surface area contributed by atoms with Gasteiger partial charge in [0.25, 0.3) is 5.69 Å². The first kappa shape index (κ1) is 24.3. The largest absolute Gasteiger partial charge is 0.348 e. The standard InChI is InChI=1S/C22H29N3O5S/c1-15-19(8-7-9-20(15)25(27)28)24(31(6,29)30)14-21(26)23-16(2)17-10-12-18(13-11-17)22(3,4)5/h7-13,16H,14H2,1-6H3,(H,23,26)/t16-/m1/s1. The highest BCUT2D eigenvalue weighted by Crippen LogP contribution is 2.30. The van der Waals surface area contributed by atoms with Crippen LogP contribution in [0.1, 0.15) is 50.4 Å². The number of nitro groups is 1. The van der Waals surface area contributed by atoms with E-state index in [4.69, 9.17) is 0 Å². The number of sulfonamides is 1. The summed E-state index contributed by atoms with van der Waals surface area (Å²) in [5.74, 6) is -0.510. The third kappa shape index (κ3) is 6.04. The molecule has 0 bridgehead atoms. The van der Waals surface area contributed by atoms with Gasteiger partial charge < -0.3 is 5.32 Å². The van der Waals surface area contributed by atoms with Crippen molar-refractivity contribution < 1.29 is 18.1 Å². The van der Waals surface area contributed by atoms with Crippen LogP contribution in [0.25, 0.3) is 0 Å². The molecule has 2 rings (SSSR count). The Bertz CT molecular complexity index is 1070. The molecule has 0 spiro atoms. The van der Waals surface area contributed by atoms with Crippen LogP contribution in [-0.2, 0) is 20.2 Å². The second kappa shape index (κ2) is 9.05.